The van der Waals surface area contributed by atoms with Crippen LogP contribution in [0.25, 0.3) is 10.9 Å². The number of nitrogens with one attached hydrogen (secondary N) is 1. The molecule has 5 heteroatoms. The SMILES string of the molecule is Cc1[nH]c2ccc(C(=O)O[C@H](C)C(=O)c3cccc(Cl)c3)cc2c1C. The van der Waals surface area contributed by atoms with Crippen molar-refractivity contribution in [3.8, 4) is 0 Å². The molecule has 0 radical (unpaired) electrons. The number of Topliss-reactive ketones (excluding diaryl/α,β-unsaturated/α-hetero) is 1. The number of hydrogen-bond acceptors (Lipinski definition) is 3. The molecule has 3 aromatic rings. The van der Waals surface area contributed by atoms with E-state index in [4.69, 9.17) is 16.3 Å². The first-order valence-electron chi connectivity index (χ1n) is 7.96. The zero-order valence-electron chi connectivity index (χ0n) is 14.2. The lowest BCUT2D eigenvalue weighted by atomic mass is 10.1. The molecule has 0 saturated carbocycles. The Balaban J connectivity index is 1.79. The Hall–Kier alpha value is -2.59. The number of ketones is 1. The Morgan fingerprint density at radius 1 is 1.08 bits per heavy atom. The van der Waals surface area contributed by atoms with Crippen molar-refractivity contribution in [3.63, 3.8) is 0 Å². The number of fused-ring (bicyclic) bond motifs is 1. The van der Waals surface area contributed by atoms with Crippen molar-refractivity contribution in [1.29, 1.82) is 0 Å². The predicted octanol–water partition coefficient (Wildman–Crippen LogP) is 4.87. The number of rotatable bonds is 4. The highest BCUT2D eigenvalue weighted by Gasteiger charge is 2.21. The van der Waals surface area contributed by atoms with Gasteiger partial charge in [-0.05, 0) is 56.7 Å². The van der Waals surface area contributed by atoms with E-state index in [1.165, 1.54) is 0 Å². The number of hydrogen-bond donors (Lipinski definition) is 1. The molecule has 0 aliphatic heterocycles. The molecule has 1 atom stereocenters. The summed E-state index contributed by atoms with van der Waals surface area (Å²) in [5.74, 6) is -0.811. The molecule has 4 nitrogen and oxygen atoms in total. The maximum atomic E-state index is 12.4. The highest BCUT2D eigenvalue weighted by atomic mass is 35.5. The van der Waals surface area contributed by atoms with Crippen LogP contribution in [0.4, 0.5) is 0 Å². The molecular weight excluding hydrogens is 338 g/mol. The Morgan fingerprint density at radius 3 is 2.56 bits per heavy atom. The van der Waals surface area contributed by atoms with Gasteiger partial charge in [0.05, 0.1) is 5.56 Å². The van der Waals surface area contributed by atoms with E-state index in [2.05, 4.69) is 4.98 Å². The number of ether oxygens (including phenoxy) is 1. The second kappa shape index (κ2) is 6.73. The third kappa shape index (κ3) is 3.44. The predicted molar refractivity (Wildman–Crippen MR) is 98.4 cm³/mol. The van der Waals surface area contributed by atoms with Crippen molar-refractivity contribution in [1.82, 2.24) is 4.98 Å². The second-order valence-electron chi connectivity index (χ2n) is 6.06. The number of halogens is 1. The summed E-state index contributed by atoms with van der Waals surface area (Å²) in [6.45, 7) is 5.54. The van der Waals surface area contributed by atoms with Gasteiger partial charge in [0.25, 0.3) is 0 Å². The Kier molecular flexibility index (Phi) is 4.64. The van der Waals surface area contributed by atoms with Gasteiger partial charge in [-0.25, -0.2) is 4.79 Å². The fourth-order valence-corrected chi connectivity index (χ4v) is 2.94. The van der Waals surface area contributed by atoms with Crippen molar-refractivity contribution in [3.05, 3.63) is 69.9 Å². The van der Waals surface area contributed by atoms with Crippen LogP contribution < -0.4 is 0 Å². The summed E-state index contributed by atoms with van der Waals surface area (Å²) in [7, 11) is 0. The summed E-state index contributed by atoms with van der Waals surface area (Å²) in [6.07, 6.45) is -0.893. The molecule has 3 rings (SSSR count). The van der Waals surface area contributed by atoms with Crippen molar-refractivity contribution in [2.24, 2.45) is 0 Å². The molecule has 1 N–H and O–H groups in total. The highest BCUT2D eigenvalue weighted by Crippen LogP contribution is 2.23. The molecule has 1 aromatic heterocycles. The monoisotopic (exact) mass is 355 g/mol. The van der Waals surface area contributed by atoms with Crippen LogP contribution in [-0.4, -0.2) is 22.8 Å². The smallest absolute Gasteiger partial charge is 0.338 e. The normalized spacial score (nSPS) is 12.2. The second-order valence-corrected chi connectivity index (χ2v) is 6.49. The fraction of sp³-hybridized carbons (Fsp3) is 0.200. The van der Waals surface area contributed by atoms with Crippen LogP contribution in [0.1, 0.15) is 38.9 Å². The minimum Gasteiger partial charge on any atom is -0.451 e. The van der Waals surface area contributed by atoms with Gasteiger partial charge in [0.15, 0.2) is 6.10 Å². The van der Waals surface area contributed by atoms with Gasteiger partial charge >= 0.3 is 5.97 Å². The maximum absolute atomic E-state index is 12.4. The van der Waals surface area contributed by atoms with E-state index < -0.39 is 12.1 Å². The van der Waals surface area contributed by atoms with Gasteiger partial charge in [0.1, 0.15) is 0 Å². The topological polar surface area (TPSA) is 59.2 Å². The molecule has 0 amide bonds. The van der Waals surface area contributed by atoms with Crippen molar-refractivity contribution in [2.75, 3.05) is 0 Å². The molecule has 0 aliphatic rings. The number of aryl methyl sites for hydroxylation is 2. The van der Waals surface area contributed by atoms with Crippen LogP contribution >= 0.6 is 11.6 Å². The molecule has 0 aliphatic carbocycles. The van der Waals surface area contributed by atoms with Crippen LogP contribution in [0.3, 0.4) is 0 Å². The summed E-state index contributed by atoms with van der Waals surface area (Å²) in [5, 5.41) is 1.44. The van der Waals surface area contributed by atoms with Gasteiger partial charge in [0, 0.05) is 27.2 Å². The van der Waals surface area contributed by atoms with Crippen LogP contribution in [0.2, 0.25) is 5.02 Å². The van der Waals surface area contributed by atoms with E-state index >= 15 is 0 Å². The van der Waals surface area contributed by atoms with Crippen LogP contribution in [0.15, 0.2) is 42.5 Å². The van der Waals surface area contributed by atoms with E-state index in [9.17, 15) is 9.59 Å². The third-order valence-electron chi connectivity index (χ3n) is 4.31. The summed E-state index contributed by atoms with van der Waals surface area (Å²) in [6, 6.07) is 11.9. The van der Waals surface area contributed by atoms with Crippen LogP contribution in [-0.2, 0) is 4.74 Å². The molecule has 0 spiro atoms. The van der Waals surface area contributed by atoms with Gasteiger partial charge in [-0.15, -0.1) is 0 Å². The van der Waals surface area contributed by atoms with Gasteiger partial charge in [-0.3, -0.25) is 4.79 Å². The Labute approximate surface area is 150 Å². The standard InChI is InChI=1S/C20H18ClNO3/c1-11-12(2)22-18-8-7-15(10-17(11)18)20(24)25-13(3)19(23)14-5-4-6-16(21)9-14/h4-10,13,22H,1-3H3/t13-/m1/s1. The largest absolute Gasteiger partial charge is 0.451 e. The average Bonchev–Trinajstić information content (AvgIpc) is 2.88. The van der Waals surface area contributed by atoms with E-state index in [1.54, 1.807) is 43.3 Å². The fourth-order valence-electron chi connectivity index (χ4n) is 2.75. The molecule has 0 saturated heterocycles. The van der Waals surface area contributed by atoms with Crippen molar-refractivity contribution < 1.29 is 14.3 Å². The number of benzene rings is 2. The molecule has 0 bridgehead atoms. The number of aromatic nitrogens is 1. The molecule has 0 unspecified atom stereocenters. The quantitative estimate of drug-likeness (QED) is 0.536. The molecule has 2 aromatic carbocycles. The minimum atomic E-state index is -0.893. The highest BCUT2D eigenvalue weighted by molar-refractivity contribution is 6.31. The Morgan fingerprint density at radius 2 is 1.84 bits per heavy atom. The first-order valence-corrected chi connectivity index (χ1v) is 8.34. The molecular formula is C20H18ClNO3. The first-order chi connectivity index (χ1) is 11.9. The molecule has 1 heterocycles. The molecule has 128 valence electrons. The van der Waals surface area contributed by atoms with E-state index in [1.807, 2.05) is 19.9 Å². The first kappa shape index (κ1) is 17.2. The van der Waals surface area contributed by atoms with Gasteiger partial charge < -0.3 is 9.72 Å². The minimum absolute atomic E-state index is 0.286. The van der Waals surface area contributed by atoms with Gasteiger partial charge in [-0.2, -0.15) is 0 Å². The summed E-state index contributed by atoms with van der Waals surface area (Å²) >= 11 is 5.90. The molecule has 25 heavy (non-hydrogen) atoms. The summed E-state index contributed by atoms with van der Waals surface area (Å²) in [5.41, 5.74) is 3.95. The van der Waals surface area contributed by atoms with E-state index in [0.717, 1.165) is 22.2 Å². The van der Waals surface area contributed by atoms with E-state index in [-0.39, 0.29) is 5.78 Å². The van der Waals surface area contributed by atoms with Crippen molar-refractivity contribution in [2.45, 2.75) is 26.9 Å². The summed E-state index contributed by atoms with van der Waals surface area (Å²) < 4.78 is 5.35. The van der Waals surface area contributed by atoms with E-state index in [0.29, 0.717) is 16.1 Å². The number of carbonyl (C=O) groups excluding carboxylic acids is 2. The maximum Gasteiger partial charge on any atom is 0.338 e. The van der Waals surface area contributed by atoms with Crippen LogP contribution in [0.5, 0.6) is 0 Å². The Bertz CT molecular complexity index is 974. The van der Waals surface area contributed by atoms with Gasteiger partial charge in [-0.1, -0.05) is 23.7 Å². The van der Waals surface area contributed by atoms with Crippen molar-refractivity contribution >= 4 is 34.3 Å². The lowest BCUT2D eigenvalue weighted by molar-refractivity contribution is 0.0319. The number of carbonyl (C=O) groups is 2. The zero-order chi connectivity index (χ0) is 18.1. The van der Waals surface area contributed by atoms with Gasteiger partial charge in [0.2, 0.25) is 5.78 Å². The lowest BCUT2D eigenvalue weighted by Gasteiger charge is -2.12. The average molecular weight is 356 g/mol. The summed E-state index contributed by atoms with van der Waals surface area (Å²) in [4.78, 5) is 28.1. The number of H-pyrrole nitrogens is 1. The third-order valence-corrected chi connectivity index (χ3v) is 4.54. The molecule has 0 fully saturated rings. The lowest BCUT2D eigenvalue weighted by Crippen LogP contribution is -2.24. The number of esters is 1. The number of aromatic amines is 1. The zero-order valence-corrected chi connectivity index (χ0v) is 15.0. The van der Waals surface area contributed by atoms with Crippen LogP contribution in [0, 0.1) is 13.8 Å².